The molecular formula is C25H20N8OS. The number of anilines is 2. The van der Waals surface area contributed by atoms with Gasteiger partial charge in [0.2, 0.25) is 0 Å². The van der Waals surface area contributed by atoms with Crippen molar-refractivity contribution in [1.29, 1.82) is 0 Å². The highest BCUT2D eigenvalue weighted by Crippen LogP contribution is 2.31. The molecule has 0 bridgehead atoms. The van der Waals surface area contributed by atoms with Gasteiger partial charge in [0.05, 0.1) is 33.4 Å². The number of hydrogen-bond donors (Lipinski definition) is 1. The molecule has 0 aliphatic rings. The smallest absolute Gasteiger partial charge is 0.171 e. The van der Waals surface area contributed by atoms with E-state index in [0.29, 0.717) is 22.7 Å². The first-order valence-electron chi connectivity index (χ1n) is 10.9. The van der Waals surface area contributed by atoms with Crippen LogP contribution in [0.2, 0.25) is 0 Å². The predicted molar refractivity (Wildman–Crippen MR) is 136 cm³/mol. The molecule has 0 aliphatic heterocycles. The van der Waals surface area contributed by atoms with Gasteiger partial charge >= 0.3 is 0 Å². The van der Waals surface area contributed by atoms with Crippen LogP contribution in [-0.4, -0.2) is 34.5 Å². The number of rotatable bonds is 5. The Bertz CT molecular complexity index is 1710. The fourth-order valence-corrected chi connectivity index (χ4v) is 4.53. The van der Waals surface area contributed by atoms with Crippen LogP contribution in [0.4, 0.5) is 11.5 Å². The lowest BCUT2D eigenvalue weighted by atomic mass is 10.2. The first-order chi connectivity index (χ1) is 17.0. The highest BCUT2D eigenvalue weighted by molar-refractivity contribution is 7.14. The van der Waals surface area contributed by atoms with Gasteiger partial charge in [0, 0.05) is 25.0 Å². The highest BCUT2D eigenvalue weighted by atomic mass is 32.1. The normalized spacial score (nSPS) is 11.3. The Morgan fingerprint density at radius 2 is 1.83 bits per heavy atom. The third-order valence-electron chi connectivity index (χ3n) is 5.58. The number of aromatic nitrogens is 7. The largest absolute Gasteiger partial charge is 0.457 e. The number of hydrogen-bond acceptors (Lipinski definition) is 9. The van der Waals surface area contributed by atoms with Gasteiger partial charge in [-0.3, -0.25) is 0 Å². The standard InChI is InChI=1S/C25H20N8OS/c1-14-8-16(4-7-21(14)34-17-5-6-20-18(9-17)30-13-33(20)3)31-25-23-19(28-12-29-25)10-27-24(32-23)22-11-26-15(2)35-22/h4-13H,1-3H3,(H,28,29,31). The second-order valence-corrected chi connectivity index (χ2v) is 9.34. The van der Waals surface area contributed by atoms with Crippen LogP contribution in [0, 0.1) is 13.8 Å². The molecule has 172 valence electrons. The van der Waals surface area contributed by atoms with Crippen molar-refractivity contribution >= 4 is 44.9 Å². The summed E-state index contributed by atoms with van der Waals surface area (Å²) < 4.78 is 8.12. The van der Waals surface area contributed by atoms with Gasteiger partial charge in [0.15, 0.2) is 11.6 Å². The van der Waals surface area contributed by atoms with Gasteiger partial charge in [-0.15, -0.1) is 11.3 Å². The summed E-state index contributed by atoms with van der Waals surface area (Å²) in [7, 11) is 1.97. The number of aryl methyl sites for hydroxylation is 3. The second kappa shape index (κ2) is 8.41. The number of benzene rings is 2. The van der Waals surface area contributed by atoms with Crippen molar-refractivity contribution in [2.45, 2.75) is 13.8 Å². The maximum Gasteiger partial charge on any atom is 0.171 e. The number of ether oxygens (including phenoxy) is 1. The third kappa shape index (κ3) is 4.04. The Hall–Kier alpha value is -4.44. The predicted octanol–water partition coefficient (Wildman–Crippen LogP) is 5.58. The van der Waals surface area contributed by atoms with E-state index < -0.39 is 0 Å². The molecule has 1 N–H and O–H groups in total. The summed E-state index contributed by atoms with van der Waals surface area (Å²) in [6, 6.07) is 11.8. The van der Waals surface area contributed by atoms with Crippen LogP contribution in [0.15, 0.2) is 61.4 Å². The average molecular weight is 481 g/mol. The molecular weight excluding hydrogens is 460 g/mol. The van der Waals surface area contributed by atoms with E-state index in [1.54, 1.807) is 30.1 Å². The van der Waals surface area contributed by atoms with E-state index in [9.17, 15) is 0 Å². The molecule has 35 heavy (non-hydrogen) atoms. The van der Waals surface area contributed by atoms with Crippen molar-refractivity contribution < 1.29 is 4.74 Å². The minimum Gasteiger partial charge on any atom is -0.457 e. The van der Waals surface area contributed by atoms with Gasteiger partial charge in [-0.05, 0) is 49.7 Å². The van der Waals surface area contributed by atoms with Crippen molar-refractivity contribution in [1.82, 2.24) is 34.5 Å². The number of nitrogens with zero attached hydrogens (tertiary/aromatic N) is 7. The first kappa shape index (κ1) is 21.1. The van der Waals surface area contributed by atoms with Crippen molar-refractivity contribution in [3.05, 3.63) is 72.0 Å². The van der Waals surface area contributed by atoms with E-state index in [-0.39, 0.29) is 0 Å². The first-order valence-corrected chi connectivity index (χ1v) is 11.7. The van der Waals surface area contributed by atoms with Gasteiger partial charge < -0.3 is 14.6 Å². The molecule has 0 atom stereocenters. The quantitative estimate of drug-likeness (QED) is 0.341. The van der Waals surface area contributed by atoms with E-state index >= 15 is 0 Å². The zero-order valence-corrected chi connectivity index (χ0v) is 20.0. The molecule has 0 amide bonds. The number of nitrogens with one attached hydrogen (secondary N) is 1. The summed E-state index contributed by atoms with van der Waals surface area (Å²) in [5, 5.41) is 4.33. The van der Waals surface area contributed by atoms with Crippen LogP contribution in [-0.2, 0) is 7.05 Å². The SMILES string of the molecule is Cc1ncc(-c2ncc3ncnc(Nc4ccc(Oc5ccc6c(c5)ncn6C)c(C)c4)c3n2)s1. The molecule has 0 spiro atoms. The summed E-state index contributed by atoms with van der Waals surface area (Å²) in [6.45, 7) is 3.96. The summed E-state index contributed by atoms with van der Waals surface area (Å²) >= 11 is 1.55. The molecule has 4 heterocycles. The van der Waals surface area contributed by atoms with Crippen molar-refractivity contribution in [2.24, 2.45) is 7.05 Å². The molecule has 0 radical (unpaired) electrons. The molecule has 9 nitrogen and oxygen atoms in total. The number of fused-ring (bicyclic) bond motifs is 2. The Balaban J connectivity index is 1.28. The molecule has 10 heteroatoms. The number of imidazole rings is 1. The molecule has 6 aromatic rings. The Morgan fingerprint density at radius 1 is 0.914 bits per heavy atom. The van der Waals surface area contributed by atoms with Gasteiger partial charge in [0.1, 0.15) is 28.9 Å². The van der Waals surface area contributed by atoms with Crippen LogP contribution >= 0.6 is 11.3 Å². The highest BCUT2D eigenvalue weighted by Gasteiger charge is 2.12. The Kier molecular flexibility index (Phi) is 5.07. The topological polar surface area (TPSA) is 104 Å². The van der Waals surface area contributed by atoms with Crippen LogP contribution in [0.5, 0.6) is 11.5 Å². The molecule has 0 fully saturated rings. The fourth-order valence-electron chi connectivity index (χ4n) is 3.81. The zero-order valence-electron chi connectivity index (χ0n) is 19.2. The fraction of sp³-hybridized carbons (Fsp3) is 0.120. The molecule has 0 unspecified atom stereocenters. The molecule has 0 aliphatic carbocycles. The number of thiazole rings is 1. The lowest BCUT2D eigenvalue weighted by Gasteiger charge is -2.12. The molecule has 6 rings (SSSR count). The summed E-state index contributed by atoms with van der Waals surface area (Å²) in [5.74, 6) is 2.72. The maximum atomic E-state index is 6.14. The van der Waals surface area contributed by atoms with E-state index in [1.165, 1.54) is 6.33 Å². The van der Waals surface area contributed by atoms with Crippen molar-refractivity contribution in [3.8, 4) is 22.2 Å². The van der Waals surface area contributed by atoms with Gasteiger partial charge in [0.25, 0.3) is 0 Å². The van der Waals surface area contributed by atoms with Crippen molar-refractivity contribution in [2.75, 3.05) is 5.32 Å². The summed E-state index contributed by atoms with van der Waals surface area (Å²) in [6.07, 6.45) is 6.79. The van der Waals surface area contributed by atoms with E-state index in [4.69, 9.17) is 9.72 Å². The summed E-state index contributed by atoms with van der Waals surface area (Å²) in [5.41, 5.74) is 5.10. The minimum atomic E-state index is 0.603. The van der Waals surface area contributed by atoms with Crippen LogP contribution < -0.4 is 10.1 Å². The third-order valence-corrected chi connectivity index (χ3v) is 6.49. The Morgan fingerprint density at radius 3 is 2.66 bits per heavy atom. The molecule has 2 aromatic carbocycles. The van der Waals surface area contributed by atoms with E-state index in [2.05, 4.69) is 30.2 Å². The lowest BCUT2D eigenvalue weighted by molar-refractivity contribution is 0.479. The molecule has 4 aromatic heterocycles. The average Bonchev–Trinajstić information content (AvgIpc) is 3.46. The molecule has 0 saturated heterocycles. The van der Waals surface area contributed by atoms with Crippen LogP contribution in [0.25, 0.3) is 32.8 Å². The minimum absolute atomic E-state index is 0.603. The van der Waals surface area contributed by atoms with Gasteiger partial charge in [-0.25, -0.2) is 29.9 Å². The second-order valence-electron chi connectivity index (χ2n) is 8.11. The maximum absolute atomic E-state index is 6.14. The van der Waals surface area contributed by atoms with E-state index in [1.807, 2.05) is 61.9 Å². The zero-order chi connectivity index (χ0) is 23.9. The summed E-state index contributed by atoms with van der Waals surface area (Å²) in [4.78, 5) is 27.5. The lowest BCUT2D eigenvalue weighted by Crippen LogP contribution is -2.00. The van der Waals surface area contributed by atoms with E-state index in [0.717, 1.165) is 43.7 Å². The monoisotopic (exact) mass is 480 g/mol. The van der Waals surface area contributed by atoms with Crippen LogP contribution in [0.1, 0.15) is 10.6 Å². The van der Waals surface area contributed by atoms with Gasteiger partial charge in [-0.1, -0.05) is 0 Å². The van der Waals surface area contributed by atoms with Crippen LogP contribution in [0.3, 0.4) is 0 Å². The molecule has 0 saturated carbocycles. The Labute approximate surface area is 204 Å². The van der Waals surface area contributed by atoms with Crippen molar-refractivity contribution in [3.63, 3.8) is 0 Å². The van der Waals surface area contributed by atoms with Gasteiger partial charge in [-0.2, -0.15) is 0 Å².